The second-order valence-corrected chi connectivity index (χ2v) is 5.87. The number of benzene rings is 1. The standard InChI is InChI=1S/C14H14N4O2S/c1-9-4-2-5-10(8-9)13-15-16-14-18(13)17-11(21-14)6-3-7-12(19)20/h2,4-5,8H,3,6-7H2,1H3,(H,19,20). The molecule has 0 aliphatic carbocycles. The molecule has 2 aromatic heterocycles. The molecule has 0 fully saturated rings. The lowest BCUT2D eigenvalue weighted by atomic mass is 10.1. The van der Waals surface area contributed by atoms with Gasteiger partial charge in [0.25, 0.3) is 0 Å². The zero-order valence-electron chi connectivity index (χ0n) is 11.5. The highest BCUT2D eigenvalue weighted by atomic mass is 32.1. The van der Waals surface area contributed by atoms with Gasteiger partial charge in [0.15, 0.2) is 5.82 Å². The van der Waals surface area contributed by atoms with E-state index >= 15 is 0 Å². The Labute approximate surface area is 125 Å². The van der Waals surface area contributed by atoms with Gasteiger partial charge in [0, 0.05) is 18.4 Å². The van der Waals surface area contributed by atoms with E-state index in [0.29, 0.717) is 12.8 Å². The molecule has 1 aromatic carbocycles. The Morgan fingerprint density at radius 3 is 3.00 bits per heavy atom. The summed E-state index contributed by atoms with van der Waals surface area (Å²) in [5, 5.41) is 22.4. The van der Waals surface area contributed by atoms with Crippen LogP contribution in [0.4, 0.5) is 0 Å². The van der Waals surface area contributed by atoms with Crippen LogP contribution in [0.5, 0.6) is 0 Å². The van der Waals surface area contributed by atoms with E-state index in [0.717, 1.165) is 26.9 Å². The van der Waals surface area contributed by atoms with Gasteiger partial charge in [-0.1, -0.05) is 35.1 Å². The largest absolute Gasteiger partial charge is 0.481 e. The number of rotatable bonds is 5. The van der Waals surface area contributed by atoms with Crippen molar-refractivity contribution in [1.82, 2.24) is 19.8 Å². The highest BCUT2D eigenvalue weighted by molar-refractivity contribution is 7.16. The molecule has 108 valence electrons. The summed E-state index contributed by atoms with van der Waals surface area (Å²) in [7, 11) is 0. The molecule has 6 nitrogen and oxygen atoms in total. The summed E-state index contributed by atoms with van der Waals surface area (Å²) in [5.74, 6) is -0.0621. The zero-order valence-corrected chi connectivity index (χ0v) is 12.3. The van der Waals surface area contributed by atoms with E-state index in [1.165, 1.54) is 11.3 Å². The van der Waals surface area contributed by atoms with Gasteiger partial charge in [0.05, 0.1) is 0 Å². The molecular formula is C14H14N4O2S. The summed E-state index contributed by atoms with van der Waals surface area (Å²) >= 11 is 1.45. The fourth-order valence-electron chi connectivity index (χ4n) is 2.11. The fraction of sp³-hybridized carbons (Fsp3) is 0.286. The number of aromatic nitrogens is 4. The van der Waals surface area contributed by atoms with Gasteiger partial charge in [0.1, 0.15) is 5.01 Å². The van der Waals surface area contributed by atoms with Crippen LogP contribution in [0.1, 0.15) is 23.4 Å². The topological polar surface area (TPSA) is 80.4 Å². The summed E-state index contributed by atoms with van der Waals surface area (Å²) in [6.07, 6.45) is 1.39. The molecule has 0 radical (unpaired) electrons. The maximum absolute atomic E-state index is 10.5. The fourth-order valence-corrected chi connectivity index (χ4v) is 2.99. The average molecular weight is 302 g/mol. The van der Waals surface area contributed by atoms with Crippen molar-refractivity contribution >= 4 is 22.3 Å². The average Bonchev–Trinajstić information content (AvgIpc) is 2.97. The first-order valence-corrected chi connectivity index (χ1v) is 7.45. The van der Waals surface area contributed by atoms with E-state index in [2.05, 4.69) is 15.3 Å². The van der Waals surface area contributed by atoms with Gasteiger partial charge >= 0.3 is 5.97 Å². The highest BCUT2D eigenvalue weighted by Gasteiger charge is 2.13. The van der Waals surface area contributed by atoms with Crippen LogP contribution in [0.15, 0.2) is 24.3 Å². The van der Waals surface area contributed by atoms with E-state index in [-0.39, 0.29) is 6.42 Å². The normalized spacial score (nSPS) is 11.1. The van der Waals surface area contributed by atoms with E-state index in [1.54, 1.807) is 4.52 Å². The maximum Gasteiger partial charge on any atom is 0.303 e. The minimum atomic E-state index is -0.779. The summed E-state index contributed by atoms with van der Waals surface area (Å²) in [6, 6.07) is 8.03. The summed E-state index contributed by atoms with van der Waals surface area (Å²) in [6.45, 7) is 2.03. The Bertz CT molecular complexity index is 793. The number of fused-ring (bicyclic) bond motifs is 1. The highest BCUT2D eigenvalue weighted by Crippen LogP contribution is 2.23. The van der Waals surface area contributed by atoms with Crippen LogP contribution < -0.4 is 0 Å². The summed E-state index contributed by atoms with van der Waals surface area (Å²) in [4.78, 5) is 11.3. The van der Waals surface area contributed by atoms with E-state index in [4.69, 9.17) is 5.11 Å². The van der Waals surface area contributed by atoms with Crippen LogP contribution in [0.3, 0.4) is 0 Å². The van der Waals surface area contributed by atoms with Crippen molar-refractivity contribution in [3.8, 4) is 11.4 Å². The number of aryl methyl sites for hydroxylation is 2. The third-order valence-corrected chi connectivity index (χ3v) is 4.05. The Hall–Kier alpha value is -2.28. The van der Waals surface area contributed by atoms with Gasteiger partial charge in [0.2, 0.25) is 4.96 Å². The van der Waals surface area contributed by atoms with Crippen molar-refractivity contribution in [1.29, 1.82) is 0 Å². The number of hydrogen-bond donors (Lipinski definition) is 1. The van der Waals surface area contributed by atoms with Crippen LogP contribution in [-0.2, 0) is 11.2 Å². The second kappa shape index (κ2) is 5.61. The Kier molecular flexibility index (Phi) is 3.66. The Morgan fingerprint density at radius 1 is 1.38 bits per heavy atom. The molecule has 0 aliphatic heterocycles. The van der Waals surface area contributed by atoms with Crippen molar-refractivity contribution in [3.05, 3.63) is 34.8 Å². The first kappa shape index (κ1) is 13.7. The predicted octanol–water partition coefficient (Wildman–Crippen LogP) is 2.57. The molecule has 0 unspecified atom stereocenters. The van der Waals surface area contributed by atoms with E-state index < -0.39 is 5.97 Å². The lowest BCUT2D eigenvalue weighted by Gasteiger charge is -1.98. The SMILES string of the molecule is Cc1cccc(-c2nnc3sc(CCCC(=O)O)nn23)c1. The smallest absolute Gasteiger partial charge is 0.303 e. The molecule has 3 aromatic rings. The molecule has 0 saturated heterocycles. The number of carboxylic acid groups (broad SMARTS) is 1. The molecule has 0 bridgehead atoms. The molecular weight excluding hydrogens is 288 g/mol. The summed E-state index contributed by atoms with van der Waals surface area (Å²) in [5.41, 5.74) is 2.13. The number of carbonyl (C=O) groups is 1. The zero-order chi connectivity index (χ0) is 14.8. The minimum Gasteiger partial charge on any atom is -0.481 e. The minimum absolute atomic E-state index is 0.158. The molecule has 3 rings (SSSR count). The van der Waals surface area contributed by atoms with Crippen LogP contribution in [0, 0.1) is 6.92 Å². The van der Waals surface area contributed by atoms with Crippen molar-refractivity contribution in [2.24, 2.45) is 0 Å². The molecule has 21 heavy (non-hydrogen) atoms. The monoisotopic (exact) mass is 302 g/mol. The number of carboxylic acids is 1. The number of hydrogen-bond acceptors (Lipinski definition) is 5. The van der Waals surface area contributed by atoms with Gasteiger partial charge in [-0.15, -0.1) is 10.2 Å². The first-order chi connectivity index (χ1) is 10.1. The molecule has 0 atom stereocenters. The van der Waals surface area contributed by atoms with Gasteiger partial charge in [-0.2, -0.15) is 9.61 Å². The maximum atomic E-state index is 10.5. The molecule has 0 aliphatic rings. The van der Waals surface area contributed by atoms with Gasteiger partial charge in [-0.3, -0.25) is 4.79 Å². The van der Waals surface area contributed by atoms with E-state index in [9.17, 15) is 4.79 Å². The first-order valence-electron chi connectivity index (χ1n) is 6.63. The molecule has 0 spiro atoms. The van der Waals surface area contributed by atoms with Crippen LogP contribution in [0.2, 0.25) is 0 Å². The third-order valence-electron chi connectivity index (χ3n) is 3.09. The third kappa shape index (κ3) is 2.92. The molecule has 1 N–H and O–H groups in total. The Balaban J connectivity index is 1.88. The number of nitrogens with zero attached hydrogens (tertiary/aromatic N) is 4. The van der Waals surface area contributed by atoms with Crippen molar-refractivity contribution in [3.63, 3.8) is 0 Å². The van der Waals surface area contributed by atoms with Crippen LogP contribution in [0.25, 0.3) is 16.3 Å². The van der Waals surface area contributed by atoms with Crippen LogP contribution in [-0.4, -0.2) is 30.9 Å². The van der Waals surface area contributed by atoms with Crippen LogP contribution >= 0.6 is 11.3 Å². The Morgan fingerprint density at radius 2 is 2.24 bits per heavy atom. The molecule has 2 heterocycles. The quantitative estimate of drug-likeness (QED) is 0.783. The van der Waals surface area contributed by atoms with Gasteiger partial charge in [-0.05, 0) is 19.4 Å². The molecule has 0 saturated carbocycles. The van der Waals surface area contributed by atoms with Gasteiger partial charge in [-0.25, -0.2) is 0 Å². The number of aliphatic carboxylic acids is 1. The summed E-state index contributed by atoms with van der Waals surface area (Å²) < 4.78 is 1.73. The molecule has 7 heteroatoms. The van der Waals surface area contributed by atoms with Crippen molar-refractivity contribution in [2.45, 2.75) is 26.2 Å². The van der Waals surface area contributed by atoms with E-state index in [1.807, 2.05) is 31.2 Å². The van der Waals surface area contributed by atoms with Crippen molar-refractivity contribution < 1.29 is 9.90 Å². The predicted molar refractivity (Wildman–Crippen MR) is 79.4 cm³/mol. The lowest BCUT2D eigenvalue weighted by Crippen LogP contribution is -1.97. The molecule has 0 amide bonds. The second-order valence-electron chi connectivity index (χ2n) is 4.83. The van der Waals surface area contributed by atoms with Crippen molar-refractivity contribution in [2.75, 3.05) is 0 Å². The van der Waals surface area contributed by atoms with Gasteiger partial charge < -0.3 is 5.11 Å². The lowest BCUT2D eigenvalue weighted by molar-refractivity contribution is -0.137.